The monoisotopic (exact) mass is 288 g/mol. The molecular formula is C15H17ClN4. The first kappa shape index (κ1) is 13.2. The average Bonchev–Trinajstić information content (AvgIpc) is 2.58. The summed E-state index contributed by atoms with van der Waals surface area (Å²) in [7, 11) is 1.95. The van der Waals surface area contributed by atoms with E-state index in [9.17, 15) is 0 Å². The molecule has 0 saturated carbocycles. The summed E-state index contributed by atoms with van der Waals surface area (Å²) in [5, 5.41) is 8.65. The Labute approximate surface area is 123 Å². The molecule has 3 rings (SSSR count). The van der Waals surface area contributed by atoms with Crippen LogP contribution in [0.4, 0.5) is 5.82 Å². The normalized spacial score (nSPS) is 18.0. The van der Waals surface area contributed by atoms with Crippen molar-refractivity contribution in [3.05, 3.63) is 46.1 Å². The highest BCUT2D eigenvalue weighted by Crippen LogP contribution is 2.27. The molecule has 1 aliphatic rings. The number of hydrogen-bond donors (Lipinski definition) is 1. The van der Waals surface area contributed by atoms with Crippen molar-refractivity contribution in [2.24, 2.45) is 12.0 Å². The van der Waals surface area contributed by atoms with E-state index in [0.29, 0.717) is 0 Å². The molecule has 1 aromatic carbocycles. The van der Waals surface area contributed by atoms with Crippen molar-refractivity contribution in [2.75, 3.05) is 11.9 Å². The van der Waals surface area contributed by atoms with Crippen molar-refractivity contribution in [1.29, 1.82) is 0 Å². The highest BCUT2D eigenvalue weighted by atomic mass is 35.5. The molecule has 0 amide bonds. The van der Waals surface area contributed by atoms with Crippen LogP contribution in [0.25, 0.3) is 0 Å². The lowest BCUT2D eigenvalue weighted by molar-refractivity contribution is 0.737. The smallest absolute Gasteiger partial charge is 0.133 e. The van der Waals surface area contributed by atoms with Crippen LogP contribution < -0.4 is 5.32 Å². The van der Waals surface area contributed by atoms with Crippen LogP contribution in [0.15, 0.2) is 29.3 Å². The Bertz CT molecular complexity index is 687. The quantitative estimate of drug-likeness (QED) is 0.876. The maximum Gasteiger partial charge on any atom is 0.133 e. The van der Waals surface area contributed by atoms with E-state index in [1.807, 2.05) is 42.9 Å². The number of aliphatic imine (C=N–C) groups is 1. The van der Waals surface area contributed by atoms with E-state index in [0.717, 1.165) is 39.9 Å². The van der Waals surface area contributed by atoms with Crippen LogP contribution in [0.1, 0.15) is 23.7 Å². The van der Waals surface area contributed by atoms with Gasteiger partial charge in [0.1, 0.15) is 5.82 Å². The number of benzene rings is 1. The molecule has 1 atom stereocenters. The lowest BCUT2D eigenvalue weighted by Gasteiger charge is -2.08. The largest absolute Gasteiger partial charge is 0.368 e. The lowest BCUT2D eigenvalue weighted by atomic mass is 10.0. The number of nitrogens with one attached hydrogen (secondary N) is 1. The summed E-state index contributed by atoms with van der Waals surface area (Å²) in [5.74, 6) is 1.02. The van der Waals surface area contributed by atoms with E-state index >= 15 is 0 Å². The molecule has 0 fully saturated rings. The van der Waals surface area contributed by atoms with Gasteiger partial charge in [-0.15, -0.1) is 0 Å². The van der Waals surface area contributed by atoms with Gasteiger partial charge in [0.15, 0.2) is 0 Å². The van der Waals surface area contributed by atoms with Crippen LogP contribution in [0.5, 0.6) is 0 Å². The van der Waals surface area contributed by atoms with E-state index in [2.05, 4.69) is 17.3 Å². The summed E-state index contributed by atoms with van der Waals surface area (Å²) in [6.07, 6.45) is 0. The molecule has 1 aromatic heterocycles. The van der Waals surface area contributed by atoms with Crippen LogP contribution in [-0.4, -0.2) is 28.1 Å². The number of aromatic nitrogens is 2. The molecule has 0 spiro atoms. The van der Waals surface area contributed by atoms with E-state index in [-0.39, 0.29) is 6.04 Å². The van der Waals surface area contributed by atoms with Gasteiger partial charge in [0.2, 0.25) is 0 Å². The molecule has 0 aliphatic carbocycles. The SMILES string of the molecule is Cc1nn(C)c2c1C(c1cccc(Cl)c1)=NC(C)CN2. The molecule has 5 heteroatoms. The maximum absolute atomic E-state index is 6.12. The third-order valence-corrected chi connectivity index (χ3v) is 3.71. The summed E-state index contributed by atoms with van der Waals surface area (Å²) >= 11 is 6.12. The number of hydrogen-bond acceptors (Lipinski definition) is 3. The first-order chi connectivity index (χ1) is 9.56. The molecule has 1 unspecified atom stereocenters. The lowest BCUT2D eigenvalue weighted by Crippen LogP contribution is -2.14. The molecule has 20 heavy (non-hydrogen) atoms. The molecule has 104 valence electrons. The van der Waals surface area contributed by atoms with Gasteiger partial charge in [-0.3, -0.25) is 9.67 Å². The summed E-state index contributed by atoms with van der Waals surface area (Å²) in [4.78, 5) is 4.85. The van der Waals surface area contributed by atoms with E-state index in [1.54, 1.807) is 0 Å². The van der Waals surface area contributed by atoms with E-state index in [4.69, 9.17) is 16.6 Å². The summed E-state index contributed by atoms with van der Waals surface area (Å²) in [6.45, 7) is 4.92. The van der Waals surface area contributed by atoms with Gasteiger partial charge in [-0.1, -0.05) is 23.7 Å². The predicted molar refractivity (Wildman–Crippen MR) is 83.0 cm³/mol. The van der Waals surface area contributed by atoms with Gasteiger partial charge in [0, 0.05) is 24.2 Å². The van der Waals surface area contributed by atoms with Crippen molar-refractivity contribution < 1.29 is 0 Å². The average molecular weight is 289 g/mol. The molecule has 2 heterocycles. The molecule has 4 nitrogen and oxygen atoms in total. The van der Waals surface area contributed by atoms with Crippen LogP contribution in [0.2, 0.25) is 5.02 Å². The summed E-state index contributed by atoms with van der Waals surface area (Å²) in [5.41, 5.74) is 4.04. The Morgan fingerprint density at radius 3 is 2.95 bits per heavy atom. The summed E-state index contributed by atoms with van der Waals surface area (Å²) < 4.78 is 1.88. The Hall–Kier alpha value is -1.81. The first-order valence-corrected chi connectivity index (χ1v) is 7.05. The first-order valence-electron chi connectivity index (χ1n) is 6.68. The summed E-state index contributed by atoms with van der Waals surface area (Å²) in [6, 6.07) is 8.03. The number of rotatable bonds is 1. The number of anilines is 1. The third-order valence-electron chi connectivity index (χ3n) is 3.47. The molecule has 0 bridgehead atoms. The molecule has 0 radical (unpaired) electrons. The second-order valence-corrected chi connectivity index (χ2v) is 5.59. The Balaban J connectivity index is 2.22. The minimum Gasteiger partial charge on any atom is -0.368 e. The fraction of sp³-hybridized carbons (Fsp3) is 0.333. The highest BCUT2D eigenvalue weighted by molar-refractivity contribution is 6.31. The number of nitrogens with zero attached hydrogens (tertiary/aromatic N) is 3. The zero-order valence-electron chi connectivity index (χ0n) is 11.8. The topological polar surface area (TPSA) is 42.2 Å². The van der Waals surface area contributed by atoms with Crippen LogP contribution >= 0.6 is 11.6 Å². The zero-order valence-corrected chi connectivity index (χ0v) is 12.6. The van der Waals surface area contributed by atoms with E-state index < -0.39 is 0 Å². The fourth-order valence-electron chi connectivity index (χ4n) is 2.57. The molecule has 1 aliphatic heterocycles. The molecule has 0 saturated heterocycles. The van der Waals surface area contributed by atoms with Gasteiger partial charge in [-0.25, -0.2) is 0 Å². The van der Waals surface area contributed by atoms with Crippen molar-refractivity contribution >= 4 is 23.1 Å². The van der Waals surface area contributed by atoms with Crippen molar-refractivity contribution in [2.45, 2.75) is 19.9 Å². The van der Waals surface area contributed by atoms with Gasteiger partial charge in [-0.2, -0.15) is 5.10 Å². The third kappa shape index (κ3) is 2.20. The van der Waals surface area contributed by atoms with E-state index in [1.165, 1.54) is 0 Å². The molecule has 1 N–H and O–H groups in total. The van der Waals surface area contributed by atoms with Crippen molar-refractivity contribution in [1.82, 2.24) is 9.78 Å². The van der Waals surface area contributed by atoms with Gasteiger partial charge < -0.3 is 5.32 Å². The second kappa shape index (κ2) is 4.94. The minimum atomic E-state index is 0.204. The predicted octanol–water partition coefficient (Wildman–Crippen LogP) is 3.03. The number of aryl methyl sites for hydroxylation is 2. The van der Waals surface area contributed by atoms with Crippen molar-refractivity contribution in [3.63, 3.8) is 0 Å². The highest BCUT2D eigenvalue weighted by Gasteiger charge is 2.23. The molecular weight excluding hydrogens is 272 g/mol. The number of halogens is 1. The number of fused-ring (bicyclic) bond motifs is 1. The van der Waals surface area contributed by atoms with Crippen LogP contribution in [0.3, 0.4) is 0 Å². The standard InChI is InChI=1S/C15H17ClN4/c1-9-8-17-15-13(10(2)19-20(15)3)14(18-9)11-5-4-6-12(16)7-11/h4-7,9,17H,8H2,1-3H3. The van der Waals surface area contributed by atoms with Gasteiger partial charge in [-0.05, 0) is 26.0 Å². The maximum atomic E-state index is 6.12. The Kier molecular flexibility index (Phi) is 3.26. The van der Waals surface area contributed by atoms with Crippen molar-refractivity contribution in [3.8, 4) is 0 Å². The fourth-order valence-corrected chi connectivity index (χ4v) is 2.76. The molecule has 2 aromatic rings. The van der Waals surface area contributed by atoms with Crippen LogP contribution in [0, 0.1) is 6.92 Å². The Morgan fingerprint density at radius 2 is 2.20 bits per heavy atom. The zero-order chi connectivity index (χ0) is 14.3. The second-order valence-electron chi connectivity index (χ2n) is 5.15. The van der Waals surface area contributed by atoms with Crippen LogP contribution in [-0.2, 0) is 7.05 Å². The van der Waals surface area contributed by atoms with Gasteiger partial charge >= 0.3 is 0 Å². The minimum absolute atomic E-state index is 0.204. The Morgan fingerprint density at radius 1 is 1.40 bits per heavy atom. The van der Waals surface area contributed by atoms with Gasteiger partial charge in [0.25, 0.3) is 0 Å². The van der Waals surface area contributed by atoms with Gasteiger partial charge in [0.05, 0.1) is 23.0 Å².